The fraction of sp³-hybridized carbons (Fsp3) is 0.636. The van der Waals surface area contributed by atoms with Crippen molar-refractivity contribution in [3.8, 4) is 0 Å². The summed E-state index contributed by atoms with van der Waals surface area (Å²) in [4.78, 5) is 10.7. The standard InChI is InChI=1S/C11H16N4/c1-12-4-9-2-8-3-11(8)15(9)10-5-13-7-14-6-10/h5-9,11-12H,2-4H2,1H3. The first-order chi connectivity index (χ1) is 7.40. The van der Waals surface area contributed by atoms with Crippen LogP contribution in [0.1, 0.15) is 12.8 Å². The van der Waals surface area contributed by atoms with Gasteiger partial charge in [-0.1, -0.05) is 0 Å². The molecule has 1 aliphatic heterocycles. The number of aromatic nitrogens is 2. The topological polar surface area (TPSA) is 41.0 Å². The second-order valence-electron chi connectivity index (χ2n) is 4.51. The molecule has 1 saturated heterocycles. The van der Waals surface area contributed by atoms with E-state index in [1.165, 1.54) is 18.5 Å². The highest BCUT2D eigenvalue weighted by Crippen LogP contribution is 2.49. The minimum atomic E-state index is 0.629. The van der Waals surface area contributed by atoms with Crippen LogP contribution in [-0.2, 0) is 0 Å². The third kappa shape index (κ3) is 1.49. The van der Waals surface area contributed by atoms with Crippen molar-refractivity contribution in [2.24, 2.45) is 5.92 Å². The Hall–Kier alpha value is -1.16. The Morgan fingerprint density at radius 1 is 1.40 bits per heavy atom. The number of hydrogen-bond acceptors (Lipinski definition) is 4. The highest BCUT2D eigenvalue weighted by Gasteiger charge is 2.51. The van der Waals surface area contributed by atoms with Gasteiger partial charge in [-0.05, 0) is 25.8 Å². The van der Waals surface area contributed by atoms with Gasteiger partial charge >= 0.3 is 0 Å². The van der Waals surface area contributed by atoms with Crippen molar-refractivity contribution in [2.45, 2.75) is 24.9 Å². The molecule has 0 amide bonds. The molecule has 3 rings (SSSR count). The number of rotatable bonds is 3. The van der Waals surface area contributed by atoms with E-state index < -0.39 is 0 Å². The molecular weight excluding hydrogens is 188 g/mol. The van der Waals surface area contributed by atoms with Crippen molar-refractivity contribution in [3.63, 3.8) is 0 Å². The zero-order valence-corrected chi connectivity index (χ0v) is 8.93. The second kappa shape index (κ2) is 3.45. The Kier molecular flexibility index (Phi) is 2.09. The fourth-order valence-corrected chi connectivity index (χ4v) is 2.80. The average Bonchev–Trinajstić information content (AvgIpc) is 2.92. The van der Waals surface area contributed by atoms with E-state index in [2.05, 4.69) is 20.2 Å². The molecule has 15 heavy (non-hydrogen) atoms. The third-order valence-electron chi connectivity index (χ3n) is 3.50. The van der Waals surface area contributed by atoms with Gasteiger partial charge < -0.3 is 10.2 Å². The van der Waals surface area contributed by atoms with E-state index in [0.29, 0.717) is 6.04 Å². The number of piperidine rings is 1. The fourth-order valence-electron chi connectivity index (χ4n) is 2.80. The third-order valence-corrected chi connectivity index (χ3v) is 3.50. The van der Waals surface area contributed by atoms with Crippen molar-refractivity contribution < 1.29 is 0 Å². The lowest BCUT2D eigenvalue weighted by molar-refractivity contribution is 0.563. The number of fused-ring (bicyclic) bond motifs is 1. The van der Waals surface area contributed by atoms with Gasteiger partial charge in [0.1, 0.15) is 6.33 Å². The van der Waals surface area contributed by atoms with Crippen LogP contribution in [0.15, 0.2) is 18.7 Å². The number of anilines is 1. The highest BCUT2D eigenvalue weighted by molar-refractivity contribution is 5.49. The van der Waals surface area contributed by atoms with Gasteiger partial charge in [0, 0.05) is 18.6 Å². The monoisotopic (exact) mass is 204 g/mol. The Morgan fingerprint density at radius 2 is 2.20 bits per heavy atom. The molecule has 80 valence electrons. The summed E-state index contributed by atoms with van der Waals surface area (Å²) in [6, 6.07) is 1.39. The van der Waals surface area contributed by atoms with Crippen molar-refractivity contribution in [3.05, 3.63) is 18.7 Å². The van der Waals surface area contributed by atoms with Crippen LogP contribution in [0.3, 0.4) is 0 Å². The largest absolute Gasteiger partial charge is 0.361 e. The van der Waals surface area contributed by atoms with Crippen LogP contribution < -0.4 is 10.2 Å². The molecule has 4 heteroatoms. The average molecular weight is 204 g/mol. The van der Waals surface area contributed by atoms with Crippen LogP contribution in [0, 0.1) is 5.92 Å². The maximum absolute atomic E-state index is 4.10. The highest BCUT2D eigenvalue weighted by atomic mass is 15.3. The first-order valence-corrected chi connectivity index (χ1v) is 5.58. The van der Waals surface area contributed by atoms with E-state index in [0.717, 1.165) is 18.5 Å². The molecule has 0 radical (unpaired) electrons. The predicted molar refractivity (Wildman–Crippen MR) is 58.7 cm³/mol. The molecule has 0 spiro atoms. The van der Waals surface area contributed by atoms with Crippen LogP contribution in [0.25, 0.3) is 0 Å². The Bertz CT molecular complexity index is 340. The van der Waals surface area contributed by atoms with Crippen LogP contribution in [0.2, 0.25) is 0 Å². The Labute approximate surface area is 89.7 Å². The van der Waals surface area contributed by atoms with Crippen molar-refractivity contribution in [1.29, 1.82) is 0 Å². The maximum Gasteiger partial charge on any atom is 0.115 e. The van der Waals surface area contributed by atoms with Gasteiger partial charge in [0.2, 0.25) is 0 Å². The Balaban J connectivity index is 1.83. The molecule has 1 aromatic rings. The number of nitrogens with zero attached hydrogens (tertiary/aromatic N) is 3. The van der Waals surface area contributed by atoms with E-state index >= 15 is 0 Å². The Morgan fingerprint density at radius 3 is 2.93 bits per heavy atom. The smallest absolute Gasteiger partial charge is 0.115 e. The predicted octanol–water partition coefficient (Wildman–Crippen LogP) is 0.663. The number of likely N-dealkylation sites (N-methyl/N-ethyl adjacent to an activating group) is 1. The molecule has 3 atom stereocenters. The van der Waals surface area contributed by atoms with Gasteiger partial charge in [0.05, 0.1) is 18.1 Å². The van der Waals surface area contributed by atoms with Crippen LogP contribution >= 0.6 is 0 Å². The quantitative estimate of drug-likeness (QED) is 0.785. The molecule has 2 aliphatic rings. The van der Waals surface area contributed by atoms with Gasteiger partial charge in [-0.3, -0.25) is 0 Å². The maximum atomic E-state index is 4.10. The summed E-state index contributed by atoms with van der Waals surface area (Å²) in [7, 11) is 2.02. The summed E-state index contributed by atoms with van der Waals surface area (Å²) in [5.41, 5.74) is 1.18. The SMILES string of the molecule is CNCC1CC2CC2N1c1cncnc1. The zero-order valence-electron chi connectivity index (χ0n) is 8.93. The molecule has 0 bridgehead atoms. The van der Waals surface area contributed by atoms with E-state index in [-0.39, 0.29) is 0 Å². The van der Waals surface area contributed by atoms with E-state index in [1.54, 1.807) is 6.33 Å². The lowest BCUT2D eigenvalue weighted by Crippen LogP contribution is -2.39. The molecule has 0 aromatic carbocycles. The molecule has 4 nitrogen and oxygen atoms in total. The van der Waals surface area contributed by atoms with Gasteiger partial charge in [-0.25, -0.2) is 9.97 Å². The van der Waals surface area contributed by atoms with Crippen molar-refractivity contribution >= 4 is 5.69 Å². The molecule has 2 fully saturated rings. The summed E-state index contributed by atoms with van der Waals surface area (Å²) in [5, 5.41) is 3.27. The van der Waals surface area contributed by atoms with E-state index in [4.69, 9.17) is 0 Å². The lowest BCUT2D eigenvalue weighted by atomic mass is 10.1. The summed E-state index contributed by atoms with van der Waals surface area (Å²) in [6.07, 6.45) is 8.12. The summed E-state index contributed by atoms with van der Waals surface area (Å²) in [5.74, 6) is 0.920. The molecule has 1 N–H and O–H groups in total. The molecule has 1 aliphatic carbocycles. The summed E-state index contributed by atoms with van der Waals surface area (Å²) in [6.45, 7) is 1.06. The van der Waals surface area contributed by atoms with Crippen LogP contribution in [0.4, 0.5) is 5.69 Å². The van der Waals surface area contributed by atoms with Gasteiger partial charge in [0.15, 0.2) is 0 Å². The van der Waals surface area contributed by atoms with Crippen LogP contribution in [-0.4, -0.2) is 35.6 Å². The second-order valence-corrected chi connectivity index (χ2v) is 4.51. The lowest BCUT2D eigenvalue weighted by Gasteiger charge is -2.28. The number of hydrogen-bond donors (Lipinski definition) is 1. The minimum Gasteiger partial charge on any atom is -0.361 e. The normalized spacial score (nSPS) is 32.9. The van der Waals surface area contributed by atoms with Crippen LogP contribution in [0.5, 0.6) is 0 Å². The molecule has 1 aromatic heterocycles. The first kappa shape index (κ1) is 9.09. The molecular formula is C11H16N4. The zero-order chi connectivity index (χ0) is 10.3. The molecule has 1 saturated carbocycles. The van der Waals surface area contributed by atoms with E-state index in [9.17, 15) is 0 Å². The van der Waals surface area contributed by atoms with Crippen molar-refractivity contribution in [2.75, 3.05) is 18.5 Å². The first-order valence-electron chi connectivity index (χ1n) is 5.58. The van der Waals surface area contributed by atoms with E-state index in [1.807, 2.05) is 19.4 Å². The summed E-state index contributed by atoms with van der Waals surface area (Å²) >= 11 is 0. The van der Waals surface area contributed by atoms with Crippen molar-refractivity contribution in [1.82, 2.24) is 15.3 Å². The molecule has 3 unspecified atom stereocenters. The molecule has 2 heterocycles. The van der Waals surface area contributed by atoms with Gasteiger partial charge in [-0.2, -0.15) is 0 Å². The summed E-state index contributed by atoms with van der Waals surface area (Å²) < 4.78 is 0. The number of nitrogens with one attached hydrogen (secondary N) is 1. The van der Waals surface area contributed by atoms with Gasteiger partial charge in [-0.15, -0.1) is 0 Å². The minimum absolute atomic E-state index is 0.629. The van der Waals surface area contributed by atoms with Gasteiger partial charge in [0.25, 0.3) is 0 Å².